The Morgan fingerprint density at radius 3 is 2.45 bits per heavy atom. The number of aliphatic carboxylic acids is 1. The summed E-state index contributed by atoms with van der Waals surface area (Å²) in [4.78, 5) is 10.1. The van der Waals surface area contributed by atoms with Crippen LogP contribution in [-0.4, -0.2) is 29.1 Å². The van der Waals surface area contributed by atoms with Gasteiger partial charge < -0.3 is 10.8 Å². The monoisotopic (exact) mass is 428 g/mol. The average molecular weight is 428 g/mol. The zero-order valence-corrected chi connectivity index (χ0v) is 14.0. The standard InChI is InChI=1S/C5H11NO2S.Ce.La/c1-9-3-2-4(6)5(7)8;;/h4H,2-3,6H2,1H3,(H,7,8);;. The van der Waals surface area contributed by atoms with Crippen LogP contribution in [0.2, 0.25) is 0 Å². The molecule has 0 amide bonds. The van der Waals surface area contributed by atoms with Gasteiger partial charge in [-0.25, -0.2) is 0 Å². The number of carbonyl (C=O) groups is 1. The molecule has 0 saturated carbocycles. The molecular weight excluding hydrogens is 417 g/mol. The van der Waals surface area contributed by atoms with Gasteiger partial charge in [0.2, 0.25) is 0 Å². The molecule has 0 rings (SSSR count). The molecular formula is C5H11CeLaNO2S. The molecule has 0 aliphatic rings. The molecule has 0 aromatic heterocycles. The van der Waals surface area contributed by atoms with Crippen molar-refractivity contribution in [3.8, 4) is 0 Å². The predicted molar refractivity (Wildman–Crippen MR) is 38.6 cm³/mol. The summed E-state index contributed by atoms with van der Waals surface area (Å²) in [5, 5.41) is 8.27. The van der Waals surface area contributed by atoms with Crippen molar-refractivity contribution >= 4 is 17.7 Å². The van der Waals surface area contributed by atoms with Gasteiger partial charge in [-0.2, -0.15) is 11.8 Å². The van der Waals surface area contributed by atoms with Crippen molar-refractivity contribution < 1.29 is 87.2 Å². The van der Waals surface area contributed by atoms with Crippen LogP contribution in [0.1, 0.15) is 6.42 Å². The fourth-order valence-corrected chi connectivity index (χ4v) is 0.858. The van der Waals surface area contributed by atoms with E-state index in [9.17, 15) is 4.79 Å². The van der Waals surface area contributed by atoms with Crippen LogP contribution in [0.3, 0.4) is 0 Å². The molecule has 1 atom stereocenters. The number of rotatable bonds is 4. The molecule has 0 aliphatic heterocycles. The quantitative estimate of drug-likeness (QED) is 0.670. The van der Waals surface area contributed by atoms with Crippen LogP contribution in [0.4, 0.5) is 0 Å². The van der Waals surface area contributed by atoms with Crippen LogP contribution in [-0.2, 0) is 4.79 Å². The Kier molecular flexibility index (Phi) is 21.3. The maximum Gasteiger partial charge on any atom is 0.320 e. The molecule has 1 unspecified atom stereocenters. The van der Waals surface area contributed by atoms with Crippen molar-refractivity contribution in [3.63, 3.8) is 0 Å². The van der Waals surface area contributed by atoms with Gasteiger partial charge in [0.25, 0.3) is 0 Å². The summed E-state index contributed by atoms with van der Waals surface area (Å²) in [6, 6.07) is -0.683. The average Bonchev–Trinajstić information content (AvgIpc) is 1.82. The van der Waals surface area contributed by atoms with Crippen LogP contribution in [0.25, 0.3) is 0 Å². The third-order valence-electron chi connectivity index (χ3n) is 0.950. The third-order valence-corrected chi connectivity index (χ3v) is 1.59. The molecule has 0 bridgehead atoms. The maximum atomic E-state index is 10.1. The second-order valence-corrected chi connectivity index (χ2v) is 2.71. The van der Waals surface area contributed by atoms with Crippen LogP contribution < -0.4 is 5.73 Å². The van der Waals surface area contributed by atoms with Gasteiger partial charge in [-0.3, -0.25) is 4.79 Å². The van der Waals surface area contributed by atoms with E-state index >= 15 is 0 Å². The normalized spacial score (nSPS) is 10.7. The number of hydrogen-bond acceptors (Lipinski definition) is 3. The number of carboxylic acids is 1. The second kappa shape index (κ2) is 12.4. The van der Waals surface area contributed by atoms with E-state index in [1.165, 1.54) is 0 Å². The molecule has 0 aromatic rings. The van der Waals surface area contributed by atoms with Gasteiger partial charge in [-0.15, -0.1) is 0 Å². The summed E-state index contributed by atoms with van der Waals surface area (Å²) in [6.45, 7) is 0. The van der Waals surface area contributed by atoms with Crippen molar-refractivity contribution in [2.75, 3.05) is 12.0 Å². The van der Waals surface area contributed by atoms with Gasteiger partial charge in [-0.1, -0.05) is 0 Å². The van der Waals surface area contributed by atoms with E-state index in [4.69, 9.17) is 10.8 Å². The topological polar surface area (TPSA) is 63.3 Å². The molecule has 0 spiro atoms. The summed E-state index contributed by atoms with van der Waals surface area (Å²) in [6.07, 6.45) is 2.48. The van der Waals surface area contributed by atoms with Gasteiger partial charge in [0.05, 0.1) is 0 Å². The molecule has 0 fully saturated rings. The van der Waals surface area contributed by atoms with Crippen LogP contribution >= 0.6 is 11.8 Å². The first kappa shape index (κ1) is 19.0. The van der Waals surface area contributed by atoms with Crippen molar-refractivity contribution in [2.24, 2.45) is 5.73 Å². The molecule has 3 N–H and O–H groups in total. The summed E-state index contributed by atoms with van der Waals surface area (Å²) in [5.41, 5.74) is 5.19. The maximum absolute atomic E-state index is 10.1. The molecule has 3 nitrogen and oxygen atoms in total. The van der Waals surface area contributed by atoms with Crippen molar-refractivity contribution in [1.82, 2.24) is 0 Å². The Bertz CT molecular complexity index is 106. The molecule has 6 heteroatoms. The number of thioether (sulfide) groups is 1. The van der Waals surface area contributed by atoms with Gasteiger partial charge >= 0.3 is 5.97 Å². The molecule has 11 heavy (non-hydrogen) atoms. The Morgan fingerprint density at radius 1 is 1.73 bits per heavy atom. The Balaban J connectivity index is -0.000000320. The van der Waals surface area contributed by atoms with Crippen LogP contribution in [0, 0.1) is 77.3 Å². The fourth-order valence-electron chi connectivity index (χ4n) is 0.368. The summed E-state index contributed by atoms with van der Waals surface area (Å²) in [5.74, 6) is -0.1000. The van der Waals surface area contributed by atoms with Crippen molar-refractivity contribution in [2.45, 2.75) is 12.5 Å². The van der Waals surface area contributed by atoms with E-state index in [0.29, 0.717) is 6.42 Å². The molecule has 61 valence electrons. The first-order valence-electron chi connectivity index (χ1n) is 2.65. The first-order valence-corrected chi connectivity index (χ1v) is 4.05. The Labute approximate surface area is 133 Å². The number of nitrogens with two attached hydrogens (primary N) is 1. The summed E-state index contributed by atoms with van der Waals surface area (Å²) in [7, 11) is 0. The minimum Gasteiger partial charge on any atom is -0.480 e. The smallest absolute Gasteiger partial charge is 0.320 e. The molecule has 0 aromatic carbocycles. The molecule has 0 saturated heterocycles. The fraction of sp³-hybridized carbons (Fsp3) is 0.800. The third kappa shape index (κ3) is 12.4. The first-order chi connectivity index (χ1) is 4.18. The van der Waals surface area contributed by atoms with Gasteiger partial charge in [-0.05, 0) is 18.4 Å². The van der Waals surface area contributed by atoms with Gasteiger partial charge in [0.1, 0.15) is 6.04 Å². The predicted octanol–water partition coefficient (Wildman–Crippen LogP) is 0.151. The molecule has 1 radical (unpaired) electrons. The molecule has 0 heterocycles. The zero-order valence-electron chi connectivity index (χ0n) is 6.41. The summed E-state index contributed by atoms with van der Waals surface area (Å²) < 4.78 is 0. The number of carboxylic acid groups (broad SMARTS) is 1. The number of hydrogen-bond donors (Lipinski definition) is 2. The second-order valence-electron chi connectivity index (χ2n) is 1.73. The minimum atomic E-state index is -0.913. The Morgan fingerprint density at radius 2 is 2.18 bits per heavy atom. The van der Waals surface area contributed by atoms with Crippen LogP contribution in [0.5, 0.6) is 0 Å². The largest absolute Gasteiger partial charge is 0.480 e. The van der Waals surface area contributed by atoms with Gasteiger partial charge in [0, 0.05) is 77.3 Å². The van der Waals surface area contributed by atoms with E-state index in [1.54, 1.807) is 11.8 Å². The van der Waals surface area contributed by atoms with E-state index in [1.807, 2.05) is 6.26 Å². The minimum absolute atomic E-state index is 0. The SMILES string of the molecule is CSCCC(N)C(=O)O.[Ce].[La]. The van der Waals surface area contributed by atoms with E-state index < -0.39 is 12.0 Å². The van der Waals surface area contributed by atoms with E-state index in [2.05, 4.69) is 0 Å². The van der Waals surface area contributed by atoms with Crippen molar-refractivity contribution in [1.29, 1.82) is 0 Å². The van der Waals surface area contributed by atoms with E-state index in [0.717, 1.165) is 5.75 Å². The molecule has 0 aliphatic carbocycles. The van der Waals surface area contributed by atoms with Crippen molar-refractivity contribution in [3.05, 3.63) is 0 Å². The summed E-state index contributed by atoms with van der Waals surface area (Å²) >= 11 is 1.60. The Hall–Kier alpha value is 2.35. The van der Waals surface area contributed by atoms with E-state index in [-0.39, 0.29) is 77.3 Å². The zero-order chi connectivity index (χ0) is 7.28. The van der Waals surface area contributed by atoms with Gasteiger partial charge in [0.15, 0.2) is 0 Å². The van der Waals surface area contributed by atoms with Crippen LogP contribution in [0.15, 0.2) is 0 Å².